The van der Waals surface area contributed by atoms with Crippen molar-refractivity contribution in [3.05, 3.63) is 86.5 Å². The predicted molar refractivity (Wildman–Crippen MR) is 152 cm³/mol. The molecule has 3 N–H and O–H groups in total. The molecule has 0 spiro atoms. The lowest BCUT2D eigenvalue weighted by Crippen LogP contribution is -2.38. The summed E-state index contributed by atoms with van der Waals surface area (Å²) in [6.07, 6.45) is 1.40. The smallest absolute Gasteiger partial charge is 0.234 e. The molecule has 5 rings (SSSR count). The zero-order chi connectivity index (χ0) is 27.7. The minimum absolute atomic E-state index is 0.0721. The molecule has 0 saturated heterocycles. The SMILES string of the molecule is Cc1ccc(NC(=O)CSc2nnc(N3C(N)=C(C#N)C(c4cc(Br)ccc4F)C4=C3CCCC4=O)s2)cc1. The van der Waals surface area contributed by atoms with Gasteiger partial charge in [0.15, 0.2) is 10.1 Å². The van der Waals surface area contributed by atoms with E-state index in [0.717, 1.165) is 5.56 Å². The van der Waals surface area contributed by atoms with Crippen LogP contribution < -0.4 is 16.0 Å². The summed E-state index contributed by atoms with van der Waals surface area (Å²) in [6, 6.07) is 14.1. The van der Waals surface area contributed by atoms with Crippen molar-refractivity contribution in [1.82, 2.24) is 10.2 Å². The standard InChI is InChI=1S/C27H22BrFN6O2S2/c1-14-5-8-16(9-6-14)32-22(37)13-38-27-34-33-26(39-27)35-20-3-2-4-21(36)24(20)23(18(12-30)25(35)31)17-11-15(28)7-10-19(17)29/h5-11,23H,2-4,13,31H2,1H3,(H,32,37). The normalized spacial score (nSPS) is 17.2. The molecule has 0 radical (unpaired) electrons. The van der Waals surface area contributed by atoms with E-state index >= 15 is 4.39 Å². The van der Waals surface area contributed by atoms with Crippen LogP contribution in [0.1, 0.15) is 36.3 Å². The fraction of sp³-hybridized carbons (Fsp3) is 0.222. The van der Waals surface area contributed by atoms with Crippen molar-refractivity contribution in [3.63, 3.8) is 0 Å². The third kappa shape index (κ3) is 5.48. The number of hydrogen-bond acceptors (Lipinski definition) is 9. The molecule has 2 heterocycles. The minimum Gasteiger partial charge on any atom is -0.384 e. The quantitative estimate of drug-likeness (QED) is 0.330. The topological polar surface area (TPSA) is 125 Å². The first-order valence-corrected chi connectivity index (χ1v) is 14.6. The Kier molecular flexibility index (Phi) is 7.83. The van der Waals surface area contributed by atoms with Gasteiger partial charge in [0.05, 0.1) is 23.3 Å². The molecule has 1 aliphatic carbocycles. The second-order valence-corrected chi connectivity index (χ2v) is 12.1. The number of thioether (sulfide) groups is 1. The molecule has 39 heavy (non-hydrogen) atoms. The van der Waals surface area contributed by atoms with Crippen LogP contribution in [0.3, 0.4) is 0 Å². The van der Waals surface area contributed by atoms with Crippen LogP contribution in [-0.2, 0) is 9.59 Å². The van der Waals surface area contributed by atoms with Crippen molar-refractivity contribution in [2.45, 2.75) is 36.4 Å². The highest BCUT2D eigenvalue weighted by Gasteiger charge is 2.42. The van der Waals surface area contributed by atoms with E-state index in [1.807, 2.05) is 31.2 Å². The van der Waals surface area contributed by atoms with Gasteiger partial charge in [-0.1, -0.05) is 56.7 Å². The Morgan fingerprint density at radius 2 is 2.05 bits per heavy atom. The summed E-state index contributed by atoms with van der Waals surface area (Å²) in [5.74, 6) is -1.59. The Hall–Kier alpha value is -3.53. The molecule has 0 bridgehead atoms. The monoisotopic (exact) mass is 624 g/mol. The van der Waals surface area contributed by atoms with Crippen molar-refractivity contribution >= 4 is 61.5 Å². The maximum absolute atomic E-state index is 15.0. The van der Waals surface area contributed by atoms with Crippen LogP contribution in [0.2, 0.25) is 0 Å². The average molecular weight is 626 g/mol. The first-order chi connectivity index (χ1) is 18.8. The molecule has 2 aliphatic rings. The van der Waals surface area contributed by atoms with E-state index < -0.39 is 11.7 Å². The lowest BCUT2D eigenvalue weighted by molar-refractivity contribution is -0.116. The van der Waals surface area contributed by atoms with Crippen LogP contribution in [-0.4, -0.2) is 27.6 Å². The summed E-state index contributed by atoms with van der Waals surface area (Å²) in [7, 11) is 0. The second kappa shape index (κ2) is 11.3. The molecule has 2 aromatic carbocycles. The first kappa shape index (κ1) is 27.1. The highest BCUT2D eigenvalue weighted by molar-refractivity contribution is 9.10. The molecule has 1 aliphatic heterocycles. The second-order valence-electron chi connectivity index (χ2n) is 9.04. The van der Waals surface area contributed by atoms with Crippen molar-refractivity contribution in [2.75, 3.05) is 16.0 Å². The van der Waals surface area contributed by atoms with Gasteiger partial charge >= 0.3 is 0 Å². The minimum atomic E-state index is -0.918. The number of carbonyl (C=O) groups excluding carboxylic acids is 2. The molecule has 0 fully saturated rings. The van der Waals surface area contributed by atoms with E-state index in [1.54, 1.807) is 17.0 Å². The van der Waals surface area contributed by atoms with E-state index in [9.17, 15) is 14.9 Å². The highest BCUT2D eigenvalue weighted by atomic mass is 79.9. The van der Waals surface area contributed by atoms with Gasteiger partial charge in [0.2, 0.25) is 11.0 Å². The molecular formula is C27H22BrFN6O2S2. The Labute approximate surface area is 240 Å². The molecule has 1 unspecified atom stereocenters. The molecule has 3 aromatic rings. The number of rotatable bonds is 6. The highest BCUT2D eigenvalue weighted by Crippen LogP contribution is 2.47. The number of nitrogens with one attached hydrogen (secondary N) is 1. The van der Waals surface area contributed by atoms with Crippen LogP contribution in [0.4, 0.5) is 15.2 Å². The Morgan fingerprint density at radius 3 is 2.79 bits per heavy atom. The van der Waals surface area contributed by atoms with E-state index in [2.05, 4.69) is 37.5 Å². The number of carbonyl (C=O) groups is 2. The zero-order valence-corrected chi connectivity index (χ0v) is 23.9. The van der Waals surface area contributed by atoms with Gasteiger partial charge in [0.1, 0.15) is 11.6 Å². The number of halogens is 2. The van der Waals surface area contributed by atoms with Gasteiger partial charge in [-0.2, -0.15) is 5.26 Å². The molecule has 1 aromatic heterocycles. The van der Waals surface area contributed by atoms with Crippen molar-refractivity contribution < 1.29 is 14.0 Å². The zero-order valence-electron chi connectivity index (χ0n) is 20.7. The molecular weight excluding hydrogens is 603 g/mol. The van der Waals surface area contributed by atoms with Gasteiger partial charge < -0.3 is 11.1 Å². The number of ketones is 1. The van der Waals surface area contributed by atoms with Crippen LogP contribution in [0.5, 0.6) is 0 Å². The van der Waals surface area contributed by atoms with Gasteiger partial charge in [-0.25, -0.2) is 4.39 Å². The molecule has 198 valence electrons. The lowest BCUT2D eigenvalue weighted by atomic mass is 9.75. The number of benzene rings is 2. The van der Waals surface area contributed by atoms with Gasteiger partial charge in [-0.15, -0.1) is 10.2 Å². The molecule has 8 nitrogen and oxygen atoms in total. The maximum Gasteiger partial charge on any atom is 0.234 e. The number of amides is 1. The first-order valence-electron chi connectivity index (χ1n) is 12.0. The third-order valence-electron chi connectivity index (χ3n) is 6.43. The number of aromatic nitrogens is 2. The molecule has 12 heteroatoms. The largest absolute Gasteiger partial charge is 0.384 e. The summed E-state index contributed by atoms with van der Waals surface area (Å²) in [6.45, 7) is 1.97. The van der Waals surface area contributed by atoms with E-state index in [1.165, 1.54) is 29.2 Å². The number of Topliss-reactive ketones (excluding diaryl/α,β-unsaturated/α-hetero) is 1. The van der Waals surface area contributed by atoms with Gasteiger partial charge in [0.25, 0.3) is 0 Å². The third-order valence-corrected chi connectivity index (χ3v) is 8.97. The predicted octanol–water partition coefficient (Wildman–Crippen LogP) is 5.78. The molecule has 1 amide bonds. The van der Waals surface area contributed by atoms with Crippen molar-refractivity contribution in [3.8, 4) is 6.07 Å². The number of hydrogen-bond donors (Lipinski definition) is 2. The summed E-state index contributed by atoms with van der Waals surface area (Å²) >= 11 is 5.79. The number of nitrogens with zero attached hydrogens (tertiary/aromatic N) is 4. The maximum atomic E-state index is 15.0. The van der Waals surface area contributed by atoms with E-state index in [0.29, 0.717) is 50.2 Å². The number of nitrogens with two attached hydrogens (primary N) is 1. The summed E-state index contributed by atoms with van der Waals surface area (Å²) in [5.41, 5.74) is 9.56. The molecule has 1 atom stereocenters. The summed E-state index contributed by atoms with van der Waals surface area (Å²) in [4.78, 5) is 27.3. The van der Waals surface area contributed by atoms with Gasteiger partial charge in [-0.3, -0.25) is 14.5 Å². The number of anilines is 2. The Morgan fingerprint density at radius 1 is 1.28 bits per heavy atom. The van der Waals surface area contributed by atoms with Gasteiger partial charge in [0, 0.05) is 33.4 Å². The van der Waals surface area contributed by atoms with Crippen LogP contribution in [0.15, 0.2) is 73.9 Å². The fourth-order valence-electron chi connectivity index (χ4n) is 4.66. The lowest BCUT2D eigenvalue weighted by Gasteiger charge is -2.38. The Balaban J connectivity index is 1.44. The number of aryl methyl sites for hydroxylation is 1. The molecule has 0 saturated carbocycles. The van der Waals surface area contributed by atoms with Gasteiger partial charge in [-0.05, 0) is 50.1 Å². The average Bonchev–Trinajstić information content (AvgIpc) is 3.38. The van der Waals surface area contributed by atoms with Crippen LogP contribution in [0.25, 0.3) is 0 Å². The van der Waals surface area contributed by atoms with Crippen molar-refractivity contribution in [1.29, 1.82) is 5.26 Å². The van der Waals surface area contributed by atoms with E-state index in [-0.39, 0.29) is 34.4 Å². The van der Waals surface area contributed by atoms with Crippen LogP contribution in [0, 0.1) is 24.1 Å². The Bertz CT molecular complexity index is 1580. The number of allylic oxidation sites excluding steroid dienone is 3. The summed E-state index contributed by atoms with van der Waals surface area (Å²) < 4.78 is 16.2. The van der Waals surface area contributed by atoms with E-state index in [4.69, 9.17) is 5.73 Å². The number of nitriles is 1. The fourth-order valence-corrected chi connectivity index (χ4v) is 6.72. The van der Waals surface area contributed by atoms with Crippen molar-refractivity contribution in [2.24, 2.45) is 5.73 Å². The summed E-state index contributed by atoms with van der Waals surface area (Å²) in [5, 5.41) is 21.8. The van der Waals surface area contributed by atoms with Crippen LogP contribution >= 0.6 is 39.0 Å².